The molecule has 0 fully saturated rings. The highest BCUT2D eigenvalue weighted by molar-refractivity contribution is 6.30. The molecule has 1 aliphatic heterocycles. The van der Waals surface area contributed by atoms with Crippen molar-refractivity contribution in [3.05, 3.63) is 34.1 Å². The van der Waals surface area contributed by atoms with E-state index in [0.29, 0.717) is 12.0 Å². The number of aliphatic carboxylic acids is 1. The lowest BCUT2D eigenvalue weighted by Crippen LogP contribution is -2.41. The lowest BCUT2D eigenvalue weighted by molar-refractivity contribution is -0.247. The summed E-state index contributed by atoms with van der Waals surface area (Å²) in [5.74, 6) is -3.95. The molecule has 0 aromatic heterocycles. The van der Waals surface area contributed by atoms with Crippen molar-refractivity contribution in [1.82, 2.24) is 0 Å². The maximum absolute atomic E-state index is 13.4. The monoisotopic (exact) mass is 274 g/mol. The van der Waals surface area contributed by atoms with Gasteiger partial charge in [-0.3, -0.25) is 4.79 Å². The highest BCUT2D eigenvalue weighted by atomic mass is 35.5. The van der Waals surface area contributed by atoms with Gasteiger partial charge in [0.2, 0.25) is 5.79 Å². The molecule has 1 aromatic rings. The summed E-state index contributed by atoms with van der Waals surface area (Å²) in [5, 5.41) is 19.0. The lowest BCUT2D eigenvalue weighted by Gasteiger charge is -2.37. The number of carboxylic acids is 1. The molecule has 1 aliphatic rings. The van der Waals surface area contributed by atoms with Crippen molar-refractivity contribution in [2.45, 2.75) is 31.7 Å². The summed E-state index contributed by atoms with van der Waals surface area (Å²) in [4.78, 5) is 10.8. The summed E-state index contributed by atoms with van der Waals surface area (Å²) in [6.45, 7) is 1.70. The number of hydrogen-bond acceptors (Lipinski definition) is 3. The average Bonchev–Trinajstić information content (AvgIpc) is 2.19. The topological polar surface area (TPSA) is 66.8 Å². The van der Waals surface area contributed by atoms with Crippen LogP contribution in [0.3, 0.4) is 0 Å². The van der Waals surface area contributed by atoms with Crippen LogP contribution in [0.5, 0.6) is 0 Å². The third kappa shape index (κ3) is 2.34. The zero-order valence-electron chi connectivity index (χ0n) is 9.61. The van der Waals surface area contributed by atoms with Gasteiger partial charge in [-0.05, 0) is 31.0 Å². The predicted octanol–water partition coefficient (Wildman–Crippen LogP) is 2.06. The Kier molecular flexibility index (Phi) is 3.31. The first kappa shape index (κ1) is 13.3. The van der Waals surface area contributed by atoms with Crippen LogP contribution < -0.4 is 0 Å². The molecule has 1 aromatic carbocycles. The fourth-order valence-electron chi connectivity index (χ4n) is 2.21. The van der Waals surface area contributed by atoms with Gasteiger partial charge in [0.25, 0.3) is 0 Å². The highest BCUT2D eigenvalue weighted by Gasteiger charge is 2.41. The summed E-state index contributed by atoms with van der Waals surface area (Å²) in [5.41, 5.74) is 0.730. The molecular formula is C12H12ClFO4. The second-order valence-corrected chi connectivity index (χ2v) is 4.82. The summed E-state index contributed by atoms with van der Waals surface area (Å²) in [7, 11) is 0. The first-order valence-electron chi connectivity index (χ1n) is 5.42. The maximum atomic E-state index is 13.4. The minimum absolute atomic E-state index is 0.0551. The van der Waals surface area contributed by atoms with Crippen LogP contribution in [0.15, 0.2) is 12.1 Å². The molecule has 0 saturated heterocycles. The van der Waals surface area contributed by atoms with Crippen LogP contribution >= 0.6 is 11.6 Å². The third-order valence-electron chi connectivity index (χ3n) is 2.86. The summed E-state index contributed by atoms with van der Waals surface area (Å²) >= 11 is 5.68. The van der Waals surface area contributed by atoms with Gasteiger partial charge >= 0.3 is 5.97 Å². The van der Waals surface area contributed by atoms with Crippen molar-refractivity contribution in [2.24, 2.45) is 0 Å². The Morgan fingerprint density at radius 3 is 2.94 bits per heavy atom. The molecule has 0 aliphatic carbocycles. The molecule has 0 bridgehead atoms. The van der Waals surface area contributed by atoms with Crippen LogP contribution in [0.2, 0.25) is 5.02 Å². The van der Waals surface area contributed by atoms with Crippen molar-refractivity contribution < 1.29 is 24.1 Å². The van der Waals surface area contributed by atoms with E-state index in [1.54, 1.807) is 6.92 Å². The Bertz CT molecular complexity index is 505. The van der Waals surface area contributed by atoms with Gasteiger partial charge in [-0.1, -0.05) is 11.6 Å². The van der Waals surface area contributed by atoms with Gasteiger partial charge in [0.15, 0.2) is 0 Å². The van der Waals surface area contributed by atoms with Crippen molar-refractivity contribution in [3.8, 4) is 0 Å². The van der Waals surface area contributed by atoms with Crippen LogP contribution in [0.4, 0.5) is 4.39 Å². The standard InChI is InChI=1S/C12H12ClFO4/c1-6-2-7-3-9(13)10(14)4-8(7)12(17,18-6)5-11(15)16/h3-4,6,17H,2,5H2,1H3,(H,15,16)/t6-,12?/m1/s1. The molecular weight excluding hydrogens is 263 g/mol. The second-order valence-electron chi connectivity index (χ2n) is 4.41. The summed E-state index contributed by atoms with van der Waals surface area (Å²) < 4.78 is 18.7. The van der Waals surface area contributed by atoms with E-state index in [0.717, 1.165) is 6.07 Å². The largest absolute Gasteiger partial charge is 0.481 e. The molecule has 0 saturated carbocycles. The van der Waals surface area contributed by atoms with E-state index >= 15 is 0 Å². The predicted molar refractivity (Wildman–Crippen MR) is 61.8 cm³/mol. The molecule has 18 heavy (non-hydrogen) atoms. The van der Waals surface area contributed by atoms with E-state index in [2.05, 4.69) is 0 Å². The summed E-state index contributed by atoms with van der Waals surface area (Å²) in [6, 6.07) is 2.44. The van der Waals surface area contributed by atoms with E-state index in [9.17, 15) is 14.3 Å². The molecule has 1 heterocycles. The van der Waals surface area contributed by atoms with Crippen molar-refractivity contribution in [3.63, 3.8) is 0 Å². The first-order valence-corrected chi connectivity index (χ1v) is 5.80. The molecule has 2 rings (SSSR count). The number of fused-ring (bicyclic) bond motifs is 1. The number of carboxylic acid groups (broad SMARTS) is 1. The van der Waals surface area contributed by atoms with Gasteiger partial charge in [0.05, 0.1) is 11.1 Å². The number of halogens is 2. The van der Waals surface area contributed by atoms with E-state index in [1.165, 1.54) is 6.07 Å². The van der Waals surface area contributed by atoms with Gasteiger partial charge in [-0.25, -0.2) is 4.39 Å². The number of carbonyl (C=O) groups is 1. The van der Waals surface area contributed by atoms with Gasteiger partial charge in [0, 0.05) is 5.56 Å². The molecule has 4 nitrogen and oxygen atoms in total. The van der Waals surface area contributed by atoms with Gasteiger partial charge in [-0.2, -0.15) is 0 Å². The van der Waals surface area contributed by atoms with Crippen LogP contribution in [-0.4, -0.2) is 22.3 Å². The first-order chi connectivity index (χ1) is 8.32. The quantitative estimate of drug-likeness (QED) is 0.866. The molecule has 0 spiro atoms. The fraction of sp³-hybridized carbons (Fsp3) is 0.417. The molecule has 1 unspecified atom stereocenters. The molecule has 6 heteroatoms. The Morgan fingerprint density at radius 2 is 2.33 bits per heavy atom. The number of benzene rings is 1. The van der Waals surface area contributed by atoms with Crippen molar-refractivity contribution >= 4 is 17.6 Å². The van der Waals surface area contributed by atoms with E-state index in [-0.39, 0.29) is 16.7 Å². The number of hydrogen-bond donors (Lipinski definition) is 2. The number of rotatable bonds is 2. The minimum atomic E-state index is -2.01. The fourth-order valence-corrected chi connectivity index (χ4v) is 2.40. The van der Waals surface area contributed by atoms with Crippen molar-refractivity contribution in [1.29, 1.82) is 0 Å². The van der Waals surface area contributed by atoms with Crippen LogP contribution in [0, 0.1) is 5.82 Å². The molecule has 0 amide bonds. The third-order valence-corrected chi connectivity index (χ3v) is 3.15. The average molecular weight is 275 g/mol. The highest BCUT2D eigenvalue weighted by Crippen LogP contribution is 2.38. The molecule has 98 valence electrons. The number of ether oxygens (including phenoxy) is 1. The van der Waals surface area contributed by atoms with E-state index < -0.39 is 24.0 Å². The lowest BCUT2D eigenvalue weighted by atomic mass is 9.90. The van der Waals surface area contributed by atoms with Crippen LogP contribution in [0.25, 0.3) is 0 Å². The van der Waals surface area contributed by atoms with E-state index in [1.807, 2.05) is 0 Å². The Morgan fingerprint density at radius 1 is 1.67 bits per heavy atom. The molecule has 0 radical (unpaired) electrons. The minimum Gasteiger partial charge on any atom is -0.481 e. The zero-order chi connectivity index (χ0) is 13.5. The zero-order valence-corrected chi connectivity index (χ0v) is 10.4. The van der Waals surface area contributed by atoms with Gasteiger partial charge < -0.3 is 14.9 Å². The number of aliphatic hydroxyl groups is 1. The smallest absolute Gasteiger partial charge is 0.309 e. The molecule has 2 atom stereocenters. The Balaban J connectivity index is 2.53. The Hall–Kier alpha value is -1.17. The van der Waals surface area contributed by atoms with Crippen LogP contribution in [-0.2, 0) is 21.7 Å². The van der Waals surface area contributed by atoms with Crippen LogP contribution in [0.1, 0.15) is 24.5 Å². The van der Waals surface area contributed by atoms with E-state index in [4.69, 9.17) is 21.4 Å². The second kappa shape index (κ2) is 4.50. The Labute approximate surface area is 108 Å². The maximum Gasteiger partial charge on any atom is 0.309 e. The SMILES string of the molecule is C[C@@H]1Cc2cc(Cl)c(F)cc2C(O)(CC(=O)O)O1. The van der Waals surface area contributed by atoms with Gasteiger partial charge in [0.1, 0.15) is 12.2 Å². The normalized spacial score (nSPS) is 26.8. The summed E-state index contributed by atoms with van der Waals surface area (Å²) in [6.07, 6.45) is -0.578. The molecule has 2 N–H and O–H groups in total. The van der Waals surface area contributed by atoms with Gasteiger partial charge in [-0.15, -0.1) is 0 Å². The van der Waals surface area contributed by atoms with Crippen molar-refractivity contribution in [2.75, 3.05) is 0 Å².